The van der Waals surface area contributed by atoms with Crippen LogP contribution in [0.15, 0.2) is 0 Å². The van der Waals surface area contributed by atoms with Gasteiger partial charge < -0.3 is 9.47 Å². The van der Waals surface area contributed by atoms with Gasteiger partial charge in [-0.1, -0.05) is 13.8 Å². The van der Waals surface area contributed by atoms with Gasteiger partial charge >= 0.3 is 5.97 Å². The first-order valence-electron chi connectivity index (χ1n) is 8.42. The molecule has 2 aliphatic carbocycles. The molecule has 0 aromatic heterocycles. The molecule has 4 atom stereocenters. The van der Waals surface area contributed by atoms with E-state index in [1.54, 1.807) is 0 Å². The fraction of sp³-hybridized carbons (Fsp3) is 0.941. The minimum Gasteiger partial charge on any atom is -0.468 e. The first-order chi connectivity index (χ1) is 9.94. The molecule has 0 aliphatic heterocycles. The number of carbonyl (C=O) groups is 1. The van der Waals surface area contributed by atoms with Crippen LogP contribution in [0.3, 0.4) is 0 Å². The smallest absolute Gasteiger partial charge is 0.325 e. The molecule has 0 aromatic carbocycles. The number of esters is 1. The molecule has 0 bridgehead atoms. The molecule has 0 radical (unpaired) electrons. The molecular formula is C17H31NO3. The molecule has 21 heavy (non-hydrogen) atoms. The van der Waals surface area contributed by atoms with Crippen LogP contribution in [-0.2, 0) is 14.3 Å². The van der Waals surface area contributed by atoms with E-state index in [9.17, 15) is 4.79 Å². The van der Waals surface area contributed by atoms with E-state index in [1.165, 1.54) is 13.5 Å². The van der Waals surface area contributed by atoms with E-state index < -0.39 is 5.54 Å². The van der Waals surface area contributed by atoms with E-state index in [2.05, 4.69) is 19.2 Å². The summed E-state index contributed by atoms with van der Waals surface area (Å²) in [5.41, 5.74) is -0.608. The van der Waals surface area contributed by atoms with Crippen LogP contribution in [-0.4, -0.2) is 37.4 Å². The lowest BCUT2D eigenvalue weighted by atomic mass is 9.80. The minimum atomic E-state index is -0.608. The molecule has 0 aromatic rings. The van der Waals surface area contributed by atoms with E-state index in [1.807, 2.05) is 6.92 Å². The molecule has 1 N–H and O–H groups in total. The Morgan fingerprint density at radius 3 is 2.48 bits per heavy atom. The lowest BCUT2D eigenvalue weighted by molar-refractivity contribution is -0.149. The third kappa shape index (κ3) is 4.68. The Morgan fingerprint density at radius 2 is 1.90 bits per heavy atom. The second kappa shape index (κ2) is 7.10. The van der Waals surface area contributed by atoms with Crippen molar-refractivity contribution in [1.29, 1.82) is 0 Å². The summed E-state index contributed by atoms with van der Waals surface area (Å²) in [7, 11) is 1.46. The lowest BCUT2D eigenvalue weighted by Gasteiger charge is -2.33. The molecular weight excluding hydrogens is 266 g/mol. The minimum absolute atomic E-state index is 0.177. The fourth-order valence-electron chi connectivity index (χ4n) is 3.22. The number of hydrogen-bond acceptors (Lipinski definition) is 4. The Bertz CT molecular complexity index is 356. The van der Waals surface area contributed by atoms with E-state index in [-0.39, 0.29) is 5.97 Å². The maximum atomic E-state index is 12.0. The molecule has 2 rings (SSSR count). The summed E-state index contributed by atoms with van der Waals surface area (Å²) in [5, 5.41) is 3.42. The summed E-state index contributed by atoms with van der Waals surface area (Å²) in [6.07, 6.45) is 6.90. The molecule has 2 saturated carbocycles. The summed E-state index contributed by atoms with van der Waals surface area (Å²) < 4.78 is 11.0. The number of ether oxygens (including phenoxy) is 2. The second-order valence-corrected chi connectivity index (χ2v) is 7.25. The number of hydrogen-bond donors (Lipinski definition) is 1. The van der Waals surface area contributed by atoms with Crippen molar-refractivity contribution in [2.75, 3.05) is 13.7 Å². The number of methoxy groups -OCH3 is 1. The van der Waals surface area contributed by atoms with Crippen LogP contribution in [0.1, 0.15) is 59.3 Å². The highest BCUT2D eigenvalue weighted by molar-refractivity contribution is 5.80. The van der Waals surface area contributed by atoms with Crippen LogP contribution in [0.2, 0.25) is 0 Å². The van der Waals surface area contributed by atoms with Gasteiger partial charge in [0.2, 0.25) is 0 Å². The molecule has 2 fully saturated rings. The number of rotatable bonds is 7. The summed E-state index contributed by atoms with van der Waals surface area (Å²) in [6, 6.07) is 0.477. The zero-order chi connectivity index (χ0) is 15.5. The predicted molar refractivity (Wildman–Crippen MR) is 83.1 cm³/mol. The summed E-state index contributed by atoms with van der Waals surface area (Å²) in [6.45, 7) is 7.20. The molecule has 4 nitrogen and oxygen atoms in total. The van der Waals surface area contributed by atoms with Crippen molar-refractivity contribution < 1.29 is 14.3 Å². The van der Waals surface area contributed by atoms with Crippen molar-refractivity contribution in [2.24, 2.45) is 11.8 Å². The van der Waals surface area contributed by atoms with Gasteiger partial charge in [-0.3, -0.25) is 10.1 Å². The Morgan fingerprint density at radius 1 is 1.19 bits per heavy atom. The van der Waals surface area contributed by atoms with E-state index >= 15 is 0 Å². The average molecular weight is 297 g/mol. The van der Waals surface area contributed by atoms with Crippen LogP contribution in [0.25, 0.3) is 0 Å². The first-order valence-corrected chi connectivity index (χ1v) is 8.42. The summed E-state index contributed by atoms with van der Waals surface area (Å²) in [4.78, 5) is 12.0. The van der Waals surface area contributed by atoms with Crippen molar-refractivity contribution in [2.45, 2.75) is 77.0 Å². The fourth-order valence-corrected chi connectivity index (χ4v) is 3.22. The monoisotopic (exact) mass is 297 g/mol. The van der Waals surface area contributed by atoms with Crippen molar-refractivity contribution in [3.05, 3.63) is 0 Å². The Labute approximate surface area is 129 Å². The summed E-state index contributed by atoms with van der Waals surface area (Å²) >= 11 is 0. The van der Waals surface area contributed by atoms with Gasteiger partial charge in [-0.2, -0.15) is 0 Å². The average Bonchev–Trinajstić information content (AvgIpc) is 3.25. The van der Waals surface area contributed by atoms with Crippen molar-refractivity contribution in [1.82, 2.24) is 5.32 Å². The number of carbonyl (C=O) groups excluding carboxylic acids is 1. The van der Waals surface area contributed by atoms with Gasteiger partial charge in [0, 0.05) is 12.6 Å². The maximum absolute atomic E-state index is 12.0. The van der Waals surface area contributed by atoms with Crippen LogP contribution < -0.4 is 5.32 Å². The molecule has 0 amide bonds. The standard InChI is InChI=1S/C17H31NO3/c1-12-5-8-15(11-13(12)2)21-10-9-17(3,16(19)20-4)18-14-6-7-14/h12-15,18H,5-11H2,1-4H3. The Hall–Kier alpha value is -0.610. The van der Waals surface area contributed by atoms with Gasteiger partial charge in [-0.05, 0) is 57.3 Å². The van der Waals surface area contributed by atoms with E-state index in [4.69, 9.17) is 9.47 Å². The van der Waals surface area contributed by atoms with Crippen molar-refractivity contribution in [3.63, 3.8) is 0 Å². The predicted octanol–water partition coefficient (Wildman–Crippen LogP) is 2.90. The van der Waals surface area contributed by atoms with E-state index in [0.717, 1.165) is 37.5 Å². The van der Waals surface area contributed by atoms with Gasteiger partial charge in [0.15, 0.2) is 0 Å². The van der Waals surface area contributed by atoms with Crippen LogP contribution in [0, 0.1) is 11.8 Å². The SMILES string of the molecule is COC(=O)C(C)(CCOC1CCC(C)C(C)C1)NC1CC1. The van der Waals surface area contributed by atoms with Gasteiger partial charge in [0.1, 0.15) is 5.54 Å². The lowest BCUT2D eigenvalue weighted by Crippen LogP contribution is -2.52. The molecule has 4 heteroatoms. The molecule has 0 spiro atoms. The Balaban J connectivity index is 1.77. The third-order valence-corrected chi connectivity index (χ3v) is 5.24. The zero-order valence-corrected chi connectivity index (χ0v) is 14.0. The second-order valence-electron chi connectivity index (χ2n) is 7.25. The molecule has 4 unspecified atom stereocenters. The highest BCUT2D eigenvalue weighted by Gasteiger charge is 2.39. The zero-order valence-electron chi connectivity index (χ0n) is 14.0. The normalized spacial score (nSPS) is 32.5. The molecule has 2 aliphatic rings. The van der Waals surface area contributed by atoms with Crippen LogP contribution >= 0.6 is 0 Å². The van der Waals surface area contributed by atoms with E-state index in [0.29, 0.717) is 25.2 Å². The van der Waals surface area contributed by atoms with Crippen molar-refractivity contribution >= 4 is 5.97 Å². The van der Waals surface area contributed by atoms with Gasteiger partial charge in [0.25, 0.3) is 0 Å². The quantitative estimate of drug-likeness (QED) is 0.734. The van der Waals surface area contributed by atoms with Gasteiger partial charge in [0.05, 0.1) is 13.2 Å². The van der Waals surface area contributed by atoms with Crippen molar-refractivity contribution in [3.8, 4) is 0 Å². The van der Waals surface area contributed by atoms with Gasteiger partial charge in [-0.25, -0.2) is 0 Å². The highest BCUT2D eigenvalue weighted by atomic mass is 16.5. The third-order valence-electron chi connectivity index (χ3n) is 5.24. The molecule has 122 valence electrons. The molecule has 0 heterocycles. The maximum Gasteiger partial charge on any atom is 0.325 e. The highest BCUT2D eigenvalue weighted by Crippen LogP contribution is 2.31. The largest absolute Gasteiger partial charge is 0.468 e. The summed E-state index contributed by atoms with van der Waals surface area (Å²) in [5.74, 6) is 1.37. The molecule has 0 saturated heterocycles. The topological polar surface area (TPSA) is 47.6 Å². The van der Waals surface area contributed by atoms with Crippen LogP contribution in [0.5, 0.6) is 0 Å². The van der Waals surface area contributed by atoms with Crippen LogP contribution in [0.4, 0.5) is 0 Å². The van der Waals surface area contributed by atoms with Gasteiger partial charge in [-0.15, -0.1) is 0 Å². The first kappa shape index (κ1) is 16.8. The number of nitrogens with one attached hydrogen (secondary N) is 1. The Kier molecular flexibility index (Phi) is 5.67.